The Morgan fingerprint density at radius 3 is 1.58 bits per heavy atom. The fourth-order valence-corrected chi connectivity index (χ4v) is 0.663. The van der Waals surface area contributed by atoms with Crippen LogP contribution in [0, 0.1) is 19.6 Å². The predicted molar refractivity (Wildman–Crippen MR) is 81.2 cm³/mol. The molecule has 0 aliphatic carbocycles. The molecule has 0 atom stereocenters. The van der Waals surface area contributed by atoms with Crippen LogP contribution in [-0.2, 0) is 14.1 Å². The molecule has 19 heavy (non-hydrogen) atoms. The van der Waals surface area contributed by atoms with Gasteiger partial charge in [-0.15, -0.1) is 18.6 Å². The Bertz CT molecular complexity index is 262. The van der Waals surface area contributed by atoms with Crippen LogP contribution in [0.1, 0.15) is 27.7 Å². The summed E-state index contributed by atoms with van der Waals surface area (Å²) < 4.78 is 3.64. The van der Waals surface area contributed by atoms with Gasteiger partial charge in [0.05, 0.1) is 0 Å². The van der Waals surface area contributed by atoms with Crippen molar-refractivity contribution in [3.8, 4) is 0 Å². The first-order chi connectivity index (χ1) is 7.79. The van der Waals surface area contributed by atoms with E-state index in [0.717, 1.165) is 0 Å². The summed E-state index contributed by atoms with van der Waals surface area (Å²) in [5.41, 5.74) is 0. The molecule has 0 spiro atoms. The third-order valence-corrected chi connectivity index (χ3v) is 1.26. The van der Waals surface area contributed by atoms with Crippen LogP contribution in [0.3, 0.4) is 0 Å². The van der Waals surface area contributed by atoms with Crippen LogP contribution >= 0.6 is 0 Å². The van der Waals surface area contributed by atoms with Crippen molar-refractivity contribution in [2.24, 2.45) is 14.1 Å². The summed E-state index contributed by atoms with van der Waals surface area (Å²) in [6.07, 6.45) is 7.21. The van der Waals surface area contributed by atoms with E-state index in [1.807, 2.05) is 64.8 Å². The number of aromatic nitrogens is 3. The molecular weight excluding hydrogens is 241 g/mol. The number of hydrogen-bond acceptors (Lipinski definition) is 1. The van der Waals surface area contributed by atoms with Gasteiger partial charge in [-0.1, -0.05) is 27.7 Å². The van der Waals surface area contributed by atoms with Crippen molar-refractivity contribution in [1.82, 2.24) is 14.3 Å². The summed E-state index contributed by atoms with van der Waals surface area (Å²) in [6, 6.07) is 7.55. The van der Waals surface area contributed by atoms with Crippen molar-refractivity contribution in [3.05, 3.63) is 50.4 Å². The SMILES string of the molecule is CC.CC.Cn1c[c-]cc1.Cn1c[c-]cn1.[CH3-].[Li+].[Mg+2]. The van der Waals surface area contributed by atoms with Crippen LogP contribution < -0.4 is 18.9 Å². The third-order valence-electron chi connectivity index (χ3n) is 1.26. The molecule has 0 amide bonds. The van der Waals surface area contributed by atoms with Gasteiger partial charge in [-0.05, 0) is 7.05 Å². The maximum Gasteiger partial charge on any atom is 2.00 e. The van der Waals surface area contributed by atoms with E-state index in [2.05, 4.69) is 17.2 Å². The van der Waals surface area contributed by atoms with Crippen LogP contribution in [0.5, 0.6) is 0 Å². The zero-order valence-electron chi connectivity index (χ0n) is 13.9. The van der Waals surface area contributed by atoms with E-state index in [9.17, 15) is 0 Å². The minimum absolute atomic E-state index is 0. The quantitative estimate of drug-likeness (QED) is 0.493. The summed E-state index contributed by atoms with van der Waals surface area (Å²) in [5, 5.41) is 3.78. The second-order valence-electron chi connectivity index (χ2n) is 2.39. The van der Waals surface area contributed by atoms with E-state index in [-0.39, 0.29) is 49.3 Å². The molecule has 100 valence electrons. The molecule has 0 aromatic carbocycles. The second-order valence-corrected chi connectivity index (χ2v) is 2.39. The molecular formula is C14H26LiMgN3. The van der Waals surface area contributed by atoms with Crippen molar-refractivity contribution < 1.29 is 18.9 Å². The van der Waals surface area contributed by atoms with Gasteiger partial charge < -0.3 is 22.7 Å². The topological polar surface area (TPSA) is 22.8 Å². The predicted octanol–water partition coefficient (Wildman–Crippen LogP) is 0.171. The van der Waals surface area contributed by atoms with E-state index in [4.69, 9.17) is 0 Å². The molecule has 0 aliphatic rings. The van der Waals surface area contributed by atoms with Gasteiger partial charge in [0.1, 0.15) is 0 Å². The van der Waals surface area contributed by atoms with E-state index < -0.39 is 0 Å². The molecule has 2 aromatic heterocycles. The molecule has 2 heterocycles. The van der Waals surface area contributed by atoms with E-state index >= 15 is 0 Å². The Morgan fingerprint density at radius 1 is 0.947 bits per heavy atom. The maximum atomic E-state index is 3.78. The summed E-state index contributed by atoms with van der Waals surface area (Å²) in [7, 11) is 3.83. The second kappa shape index (κ2) is 26.4. The third kappa shape index (κ3) is 23.4. The smallest absolute Gasteiger partial charge is 0.451 e. The Kier molecular flexibility index (Phi) is 43.5. The zero-order chi connectivity index (χ0) is 12.8. The number of nitrogens with zero attached hydrogens (tertiary/aromatic N) is 3. The van der Waals surface area contributed by atoms with Crippen molar-refractivity contribution in [3.63, 3.8) is 0 Å². The Balaban J connectivity index is -0.0000000486. The van der Waals surface area contributed by atoms with Crippen LogP contribution in [0.4, 0.5) is 0 Å². The number of rotatable bonds is 0. The van der Waals surface area contributed by atoms with Crippen LogP contribution in [0.2, 0.25) is 0 Å². The first-order valence-electron chi connectivity index (χ1n) is 5.62. The van der Waals surface area contributed by atoms with Crippen molar-refractivity contribution in [2.45, 2.75) is 27.7 Å². The number of aryl methyl sites for hydroxylation is 2. The Hall–Kier alpha value is -0.146. The number of hydrogen-bond donors (Lipinski definition) is 0. The van der Waals surface area contributed by atoms with Crippen molar-refractivity contribution in [2.75, 3.05) is 0 Å². The zero-order valence-corrected chi connectivity index (χ0v) is 15.3. The first kappa shape index (κ1) is 31.3. The van der Waals surface area contributed by atoms with E-state index in [1.165, 1.54) is 0 Å². The molecule has 3 nitrogen and oxygen atoms in total. The monoisotopic (exact) mass is 267 g/mol. The molecule has 0 fully saturated rings. The normalized spacial score (nSPS) is 6.21. The molecule has 2 rings (SSSR count). The minimum atomic E-state index is 0. The summed E-state index contributed by atoms with van der Waals surface area (Å²) in [4.78, 5) is 0. The summed E-state index contributed by atoms with van der Waals surface area (Å²) in [6.45, 7) is 8.00. The van der Waals surface area contributed by atoms with Crippen molar-refractivity contribution in [1.29, 1.82) is 0 Å². The first-order valence-corrected chi connectivity index (χ1v) is 5.62. The molecule has 0 radical (unpaired) electrons. The van der Waals surface area contributed by atoms with Crippen LogP contribution in [0.15, 0.2) is 30.9 Å². The van der Waals surface area contributed by atoms with Crippen LogP contribution in [0.25, 0.3) is 0 Å². The van der Waals surface area contributed by atoms with Gasteiger partial charge in [-0.25, -0.2) is 17.2 Å². The maximum absolute atomic E-state index is 3.78. The van der Waals surface area contributed by atoms with Gasteiger partial charge in [-0.2, -0.15) is 6.20 Å². The van der Waals surface area contributed by atoms with Crippen LogP contribution in [-0.4, -0.2) is 37.4 Å². The fraction of sp³-hybridized carbons (Fsp3) is 0.429. The summed E-state index contributed by atoms with van der Waals surface area (Å²) >= 11 is 0. The molecule has 0 aliphatic heterocycles. The van der Waals surface area contributed by atoms with Gasteiger partial charge in [0.25, 0.3) is 0 Å². The van der Waals surface area contributed by atoms with Crippen molar-refractivity contribution >= 4 is 23.1 Å². The molecule has 0 saturated heterocycles. The molecule has 5 heteroatoms. The van der Waals surface area contributed by atoms with E-state index in [1.54, 1.807) is 17.1 Å². The molecule has 0 bridgehead atoms. The van der Waals surface area contributed by atoms with E-state index in [0.29, 0.717) is 0 Å². The van der Waals surface area contributed by atoms with Gasteiger partial charge in [0.2, 0.25) is 0 Å². The molecule has 2 aromatic rings. The Labute approximate surface area is 148 Å². The fourth-order valence-electron chi connectivity index (χ4n) is 0.663. The minimum Gasteiger partial charge on any atom is -0.451 e. The molecule has 0 N–H and O–H groups in total. The van der Waals surface area contributed by atoms with Gasteiger partial charge >= 0.3 is 41.9 Å². The summed E-state index contributed by atoms with van der Waals surface area (Å²) in [5.74, 6) is 0. The standard InChI is InChI=1S/C5H6N.C4H5N2.2C2H6.CH3.Li.Mg/c2*1-6-4-2-3-5-6;2*1-2;;;/h2,4-5H,1H3;3-4H,1H3;2*1-2H3;1H3;;/q2*-1;;;-1;+1;+2. The average molecular weight is 268 g/mol. The van der Waals surface area contributed by atoms with Gasteiger partial charge in [0, 0.05) is 7.05 Å². The largest absolute Gasteiger partial charge is 2.00 e. The van der Waals surface area contributed by atoms with Gasteiger partial charge in [-0.3, -0.25) is 0 Å². The average Bonchev–Trinajstić information content (AvgIpc) is 2.98. The molecule has 0 unspecified atom stereocenters. The van der Waals surface area contributed by atoms with Gasteiger partial charge in [0.15, 0.2) is 0 Å². The molecule has 0 saturated carbocycles. The Morgan fingerprint density at radius 2 is 1.47 bits per heavy atom.